The van der Waals surface area contributed by atoms with E-state index >= 15 is 0 Å². The van der Waals surface area contributed by atoms with Gasteiger partial charge in [-0.25, -0.2) is 0 Å². The van der Waals surface area contributed by atoms with Crippen LogP contribution in [0.5, 0.6) is 0 Å². The van der Waals surface area contributed by atoms with Crippen LogP contribution in [0.1, 0.15) is 24.1 Å². The number of nitrogens with zero attached hydrogens (tertiary/aromatic N) is 1. The first-order valence-electron chi connectivity index (χ1n) is 5.74. The molecule has 1 atom stereocenters. The van der Waals surface area contributed by atoms with Gasteiger partial charge in [0.15, 0.2) is 0 Å². The summed E-state index contributed by atoms with van der Waals surface area (Å²) in [4.78, 5) is 3.96. The first-order chi connectivity index (χ1) is 8.66. The van der Waals surface area contributed by atoms with Crippen molar-refractivity contribution in [1.82, 2.24) is 10.3 Å². The highest BCUT2D eigenvalue weighted by molar-refractivity contribution is 6.31. The summed E-state index contributed by atoms with van der Waals surface area (Å²) in [5.41, 5.74) is 2.20. The van der Waals surface area contributed by atoms with E-state index in [0.29, 0.717) is 11.6 Å². The summed E-state index contributed by atoms with van der Waals surface area (Å²) < 4.78 is 0. The van der Waals surface area contributed by atoms with Crippen LogP contribution >= 0.6 is 23.2 Å². The predicted molar refractivity (Wildman–Crippen MR) is 76.0 cm³/mol. The van der Waals surface area contributed by atoms with E-state index in [2.05, 4.69) is 23.3 Å². The average molecular weight is 281 g/mol. The topological polar surface area (TPSA) is 24.9 Å². The predicted octanol–water partition coefficient (Wildman–Crippen LogP) is 4.24. The molecule has 18 heavy (non-hydrogen) atoms. The second kappa shape index (κ2) is 6.19. The number of aromatic nitrogens is 1. The Labute approximate surface area is 117 Å². The van der Waals surface area contributed by atoms with Crippen molar-refractivity contribution in [2.45, 2.75) is 19.5 Å². The fourth-order valence-corrected chi connectivity index (χ4v) is 2.09. The Balaban J connectivity index is 2.00. The number of benzene rings is 1. The molecule has 94 valence electrons. The summed E-state index contributed by atoms with van der Waals surface area (Å²) in [5.74, 6) is 0. The van der Waals surface area contributed by atoms with Crippen molar-refractivity contribution < 1.29 is 0 Å². The number of hydrogen-bond acceptors (Lipinski definition) is 2. The number of nitrogens with one attached hydrogen (secondary N) is 1. The number of rotatable bonds is 4. The van der Waals surface area contributed by atoms with Gasteiger partial charge in [0, 0.05) is 30.0 Å². The lowest BCUT2D eigenvalue weighted by atomic mass is 10.1. The number of hydrogen-bond donors (Lipinski definition) is 1. The summed E-state index contributed by atoms with van der Waals surface area (Å²) >= 11 is 12.0. The van der Waals surface area contributed by atoms with Crippen molar-refractivity contribution in [2.75, 3.05) is 0 Å². The molecule has 1 aromatic carbocycles. The molecule has 0 bridgehead atoms. The smallest absolute Gasteiger partial charge is 0.0634 e. The molecular weight excluding hydrogens is 267 g/mol. The standard InChI is InChI=1S/C14H14Cl2N2/c1-10(11-3-2-4-13(15)7-11)18-8-12-5-6-17-9-14(12)16/h2-7,9-10,18H,8H2,1H3/t10-/m0/s1. The molecule has 0 aliphatic heterocycles. The van der Waals surface area contributed by atoms with Gasteiger partial charge < -0.3 is 5.32 Å². The van der Waals surface area contributed by atoms with E-state index in [0.717, 1.165) is 16.1 Å². The summed E-state index contributed by atoms with van der Waals surface area (Å²) in [7, 11) is 0. The summed E-state index contributed by atoms with van der Waals surface area (Å²) in [5, 5.41) is 4.85. The van der Waals surface area contributed by atoms with E-state index < -0.39 is 0 Å². The zero-order valence-corrected chi connectivity index (χ0v) is 11.5. The quantitative estimate of drug-likeness (QED) is 0.906. The Kier molecular flexibility index (Phi) is 4.59. The molecule has 2 aromatic rings. The molecule has 0 fully saturated rings. The fourth-order valence-electron chi connectivity index (χ4n) is 1.70. The van der Waals surface area contributed by atoms with E-state index in [9.17, 15) is 0 Å². The lowest BCUT2D eigenvalue weighted by Crippen LogP contribution is -2.18. The lowest BCUT2D eigenvalue weighted by Gasteiger charge is -2.15. The van der Waals surface area contributed by atoms with Crippen molar-refractivity contribution in [1.29, 1.82) is 0 Å². The molecule has 0 radical (unpaired) electrons. The third kappa shape index (κ3) is 3.45. The molecule has 4 heteroatoms. The minimum absolute atomic E-state index is 0.216. The van der Waals surface area contributed by atoms with E-state index in [1.165, 1.54) is 0 Å². The fraction of sp³-hybridized carbons (Fsp3) is 0.214. The van der Waals surface area contributed by atoms with Crippen LogP contribution in [-0.4, -0.2) is 4.98 Å². The number of pyridine rings is 1. The Hall–Kier alpha value is -1.09. The first-order valence-corrected chi connectivity index (χ1v) is 6.49. The average Bonchev–Trinajstić information content (AvgIpc) is 2.37. The van der Waals surface area contributed by atoms with Gasteiger partial charge >= 0.3 is 0 Å². The molecule has 1 heterocycles. The van der Waals surface area contributed by atoms with Crippen LogP contribution in [0.25, 0.3) is 0 Å². The highest BCUT2D eigenvalue weighted by Crippen LogP contribution is 2.19. The minimum Gasteiger partial charge on any atom is -0.306 e. The minimum atomic E-state index is 0.216. The van der Waals surface area contributed by atoms with Crippen LogP contribution in [0.3, 0.4) is 0 Å². The molecule has 0 amide bonds. The molecule has 1 aromatic heterocycles. The largest absolute Gasteiger partial charge is 0.306 e. The molecule has 0 spiro atoms. The molecule has 0 unspecified atom stereocenters. The second-order valence-electron chi connectivity index (χ2n) is 4.12. The van der Waals surface area contributed by atoms with Crippen molar-refractivity contribution >= 4 is 23.2 Å². The lowest BCUT2D eigenvalue weighted by molar-refractivity contribution is 0.574. The van der Waals surface area contributed by atoms with Gasteiger partial charge in [-0.3, -0.25) is 4.98 Å². The molecule has 2 rings (SSSR count). The third-order valence-corrected chi connectivity index (χ3v) is 3.38. The van der Waals surface area contributed by atoms with Crippen LogP contribution in [0.15, 0.2) is 42.7 Å². The van der Waals surface area contributed by atoms with Crippen molar-refractivity contribution in [3.63, 3.8) is 0 Å². The van der Waals surface area contributed by atoms with Crippen LogP contribution in [0.4, 0.5) is 0 Å². The van der Waals surface area contributed by atoms with E-state index in [1.54, 1.807) is 12.4 Å². The van der Waals surface area contributed by atoms with E-state index in [-0.39, 0.29) is 6.04 Å². The van der Waals surface area contributed by atoms with Crippen LogP contribution in [0.2, 0.25) is 10.0 Å². The molecule has 0 saturated carbocycles. The van der Waals surface area contributed by atoms with Crippen molar-refractivity contribution in [3.8, 4) is 0 Å². The van der Waals surface area contributed by atoms with Crippen molar-refractivity contribution in [2.24, 2.45) is 0 Å². The van der Waals surface area contributed by atoms with Gasteiger partial charge in [0.25, 0.3) is 0 Å². The molecule has 2 nitrogen and oxygen atoms in total. The second-order valence-corrected chi connectivity index (χ2v) is 4.97. The zero-order valence-electron chi connectivity index (χ0n) is 10.0. The third-order valence-electron chi connectivity index (χ3n) is 2.80. The molecule has 1 N–H and O–H groups in total. The molecule has 0 aliphatic rings. The highest BCUT2D eigenvalue weighted by Gasteiger charge is 2.06. The maximum atomic E-state index is 6.06. The maximum Gasteiger partial charge on any atom is 0.0634 e. The first kappa shape index (κ1) is 13.3. The van der Waals surface area contributed by atoms with Crippen molar-refractivity contribution in [3.05, 3.63) is 63.9 Å². The Morgan fingerprint density at radius 3 is 2.83 bits per heavy atom. The maximum absolute atomic E-state index is 6.06. The van der Waals surface area contributed by atoms with Crippen LogP contribution in [0, 0.1) is 0 Å². The van der Waals surface area contributed by atoms with Gasteiger partial charge in [0.1, 0.15) is 0 Å². The van der Waals surface area contributed by atoms with Gasteiger partial charge in [-0.1, -0.05) is 35.3 Å². The van der Waals surface area contributed by atoms with Gasteiger partial charge in [-0.05, 0) is 36.2 Å². The molecule has 0 saturated heterocycles. The van der Waals surface area contributed by atoms with Crippen LogP contribution < -0.4 is 5.32 Å². The summed E-state index contributed by atoms with van der Waals surface area (Å²) in [6, 6.07) is 9.98. The summed E-state index contributed by atoms with van der Waals surface area (Å²) in [6.07, 6.45) is 3.40. The Bertz CT molecular complexity index is 529. The van der Waals surface area contributed by atoms with Gasteiger partial charge in [0.2, 0.25) is 0 Å². The van der Waals surface area contributed by atoms with Gasteiger partial charge in [0.05, 0.1) is 5.02 Å². The number of halogens is 2. The van der Waals surface area contributed by atoms with Crippen LogP contribution in [-0.2, 0) is 6.54 Å². The highest BCUT2D eigenvalue weighted by atomic mass is 35.5. The summed E-state index contributed by atoms with van der Waals surface area (Å²) in [6.45, 7) is 2.80. The monoisotopic (exact) mass is 280 g/mol. The molecule has 0 aliphatic carbocycles. The molecular formula is C14H14Cl2N2. The van der Waals surface area contributed by atoms with Gasteiger partial charge in [-0.2, -0.15) is 0 Å². The van der Waals surface area contributed by atoms with Gasteiger partial charge in [-0.15, -0.1) is 0 Å². The Morgan fingerprint density at radius 2 is 2.11 bits per heavy atom. The normalized spacial score (nSPS) is 12.4. The zero-order chi connectivity index (χ0) is 13.0. The van der Waals surface area contributed by atoms with E-state index in [1.807, 2.05) is 24.3 Å². The Morgan fingerprint density at radius 1 is 1.28 bits per heavy atom. The van der Waals surface area contributed by atoms with E-state index in [4.69, 9.17) is 23.2 Å². The SMILES string of the molecule is C[C@H](NCc1ccncc1Cl)c1cccc(Cl)c1.